The van der Waals surface area contributed by atoms with Crippen molar-refractivity contribution in [1.29, 1.82) is 0 Å². The largest absolute Gasteiger partial charge is 0.309 e. The molecule has 2 aromatic rings. The van der Waals surface area contributed by atoms with Crippen LogP contribution in [0.25, 0.3) is 10.1 Å². The van der Waals surface area contributed by atoms with Crippen LogP contribution in [-0.2, 0) is 4.79 Å². The lowest BCUT2D eigenvalue weighted by Gasteiger charge is -2.13. The third-order valence-corrected chi connectivity index (χ3v) is 4.56. The SMILES string of the molecule is Cc1ccc2snc(NC(=O)CCN3CCCC3)c2c1. The van der Waals surface area contributed by atoms with Gasteiger partial charge in [-0.2, -0.15) is 4.37 Å². The van der Waals surface area contributed by atoms with E-state index in [9.17, 15) is 4.79 Å². The fourth-order valence-corrected chi connectivity index (χ4v) is 3.32. The van der Waals surface area contributed by atoms with Gasteiger partial charge in [-0.25, -0.2) is 0 Å². The lowest BCUT2D eigenvalue weighted by Crippen LogP contribution is -2.25. The summed E-state index contributed by atoms with van der Waals surface area (Å²) in [6.45, 7) is 5.17. The maximum atomic E-state index is 12.0. The number of benzene rings is 1. The summed E-state index contributed by atoms with van der Waals surface area (Å²) in [4.78, 5) is 14.4. The standard InChI is InChI=1S/C15H19N3OS/c1-11-4-5-13-12(10-11)15(17-20-13)16-14(19)6-9-18-7-2-3-8-18/h4-5,10H,2-3,6-9H2,1H3,(H,16,17,19). The van der Waals surface area contributed by atoms with E-state index in [0.717, 1.165) is 29.7 Å². The molecule has 1 saturated heterocycles. The highest BCUT2D eigenvalue weighted by Gasteiger charge is 2.14. The molecular formula is C15H19N3OS. The topological polar surface area (TPSA) is 45.2 Å². The van der Waals surface area contributed by atoms with Gasteiger partial charge in [-0.05, 0) is 56.5 Å². The lowest BCUT2D eigenvalue weighted by atomic mass is 10.2. The van der Waals surface area contributed by atoms with Gasteiger partial charge in [-0.15, -0.1) is 0 Å². The molecule has 0 radical (unpaired) electrons. The molecule has 0 aliphatic carbocycles. The van der Waals surface area contributed by atoms with Gasteiger partial charge >= 0.3 is 0 Å². The number of rotatable bonds is 4. The predicted octanol–water partition coefficient (Wildman–Crippen LogP) is 3.03. The molecule has 3 rings (SSSR count). The van der Waals surface area contributed by atoms with Crippen LogP contribution in [0.2, 0.25) is 0 Å². The van der Waals surface area contributed by atoms with Gasteiger partial charge in [-0.1, -0.05) is 11.6 Å². The number of aryl methyl sites for hydroxylation is 1. The van der Waals surface area contributed by atoms with E-state index in [1.54, 1.807) is 0 Å². The average molecular weight is 289 g/mol. The van der Waals surface area contributed by atoms with Crippen molar-refractivity contribution < 1.29 is 4.79 Å². The van der Waals surface area contributed by atoms with Crippen molar-refractivity contribution in [3.63, 3.8) is 0 Å². The maximum absolute atomic E-state index is 12.0. The Morgan fingerprint density at radius 1 is 1.40 bits per heavy atom. The van der Waals surface area contributed by atoms with E-state index in [4.69, 9.17) is 0 Å². The number of aromatic nitrogens is 1. The zero-order chi connectivity index (χ0) is 13.9. The van der Waals surface area contributed by atoms with Crippen molar-refractivity contribution in [3.8, 4) is 0 Å². The second kappa shape index (κ2) is 5.89. The third kappa shape index (κ3) is 2.99. The zero-order valence-corrected chi connectivity index (χ0v) is 12.5. The smallest absolute Gasteiger partial charge is 0.226 e. The molecule has 20 heavy (non-hydrogen) atoms. The minimum atomic E-state index is 0.0607. The third-order valence-electron chi connectivity index (χ3n) is 3.74. The van der Waals surface area contributed by atoms with Crippen molar-refractivity contribution in [1.82, 2.24) is 9.27 Å². The second-order valence-corrected chi connectivity index (χ2v) is 6.18. The van der Waals surface area contributed by atoms with E-state index >= 15 is 0 Å². The highest BCUT2D eigenvalue weighted by Crippen LogP contribution is 2.27. The summed E-state index contributed by atoms with van der Waals surface area (Å²) in [5, 5.41) is 4.00. The Morgan fingerprint density at radius 3 is 3.00 bits per heavy atom. The minimum Gasteiger partial charge on any atom is -0.309 e. The van der Waals surface area contributed by atoms with E-state index in [1.165, 1.54) is 29.9 Å². The van der Waals surface area contributed by atoms with Crippen LogP contribution in [0.4, 0.5) is 5.82 Å². The number of nitrogens with one attached hydrogen (secondary N) is 1. The van der Waals surface area contributed by atoms with Gasteiger partial charge < -0.3 is 10.2 Å². The number of hydrogen-bond acceptors (Lipinski definition) is 4. The summed E-state index contributed by atoms with van der Waals surface area (Å²) in [7, 11) is 0. The van der Waals surface area contributed by atoms with Gasteiger partial charge in [0.05, 0.1) is 4.70 Å². The van der Waals surface area contributed by atoms with Crippen LogP contribution < -0.4 is 5.32 Å². The van der Waals surface area contributed by atoms with Crippen molar-refractivity contribution in [2.45, 2.75) is 26.2 Å². The summed E-state index contributed by atoms with van der Waals surface area (Å²) >= 11 is 1.43. The lowest BCUT2D eigenvalue weighted by molar-refractivity contribution is -0.116. The molecule has 0 saturated carbocycles. The quantitative estimate of drug-likeness (QED) is 0.941. The van der Waals surface area contributed by atoms with Crippen molar-refractivity contribution in [3.05, 3.63) is 23.8 Å². The highest BCUT2D eigenvalue weighted by molar-refractivity contribution is 7.13. The molecule has 106 valence electrons. The Hall–Kier alpha value is -1.46. The summed E-state index contributed by atoms with van der Waals surface area (Å²) in [5.41, 5.74) is 1.19. The predicted molar refractivity (Wildman–Crippen MR) is 83.3 cm³/mol. The molecular weight excluding hydrogens is 270 g/mol. The normalized spacial score (nSPS) is 15.8. The summed E-state index contributed by atoms with van der Waals surface area (Å²) < 4.78 is 5.47. The number of nitrogens with zero attached hydrogens (tertiary/aromatic N) is 2. The van der Waals surface area contributed by atoms with E-state index in [-0.39, 0.29) is 5.91 Å². The molecule has 1 aromatic heterocycles. The number of likely N-dealkylation sites (tertiary alicyclic amines) is 1. The second-order valence-electron chi connectivity index (χ2n) is 5.38. The first-order valence-corrected chi connectivity index (χ1v) is 7.88. The molecule has 0 bridgehead atoms. The fraction of sp³-hybridized carbons (Fsp3) is 0.467. The Balaban J connectivity index is 1.63. The Bertz CT molecular complexity index is 617. The Morgan fingerprint density at radius 2 is 2.20 bits per heavy atom. The molecule has 1 aliphatic heterocycles. The van der Waals surface area contributed by atoms with Crippen LogP contribution in [0.3, 0.4) is 0 Å². The number of fused-ring (bicyclic) bond motifs is 1. The molecule has 0 unspecified atom stereocenters. The van der Waals surface area contributed by atoms with Crippen LogP contribution in [0.15, 0.2) is 18.2 Å². The first-order valence-electron chi connectivity index (χ1n) is 7.10. The van der Waals surface area contributed by atoms with Crippen LogP contribution in [-0.4, -0.2) is 34.8 Å². The van der Waals surface area contributed by atoms with Gasteiger partial charge in [0, 0.05) is 18.4 Å². The van der Waals surface area contributed by atoms with Crippen molar-refractivity contribution in [2.24, 2.45) is 0 Å². The van der Waals surface area contributed by atoms with Crippen molar-refractivity contribution in [2.75, 3.05) is 25.0 Å². The summed E-state index contributed by atoms with van der Waals surface area (Å²) in [5.74, 6) is 0.769. The Kier molecular flexibility index (Phi) is 3.98. The first-order chi connectivity index (χ1) is 9.72. The van der Waals surface area contributed by atoms with Crippen LogP contribution in [0.1, 0.15) is 24.8 Å². The maximum Gasteiger partial charge on any atom is 0.226 e. The van der Waals surface area contributed by atoms with E-state index in [0.29, 0.717) is 12.2 Å². The number of hydrogen-bond donors (Lipinski definition) is 1. The van der Waals surface area contributed by atoms with Gasteiger partial charge in [0.2, 0.25) is 5.91 Å². The van der Waals surface area contributed by atoms with Crippen LogP contribution >= 0.6 is 11.5 Å². The molecule has 1 aromatic carbocycles. The van der Waals surface area contributed by atoms with Crippen LogP contribution in [0, 0.1) is 6.92 Å². The number of carbonyl (C=O) groups is 1. The average Bonchev–Trinajstić information content (AvgIpc) is 3.07. The molecule has 4 nitrogen and oxygen atoms in total. The first kappa shape index (κ1) is 13.5. The molecule has 1 N–H and O–H groups in total. The number of anilines is 1. The zero-order valence-electron chi connectivity index (χ0n) is 11.7. The molecule has 2 heterocycles. The number of amides is 1. The number of carbonyl (C=O) groups excluding carboxylic acids is 1. The Labute approximate surface area is 122 Å². The van der Waals surface area contributed by atoms with E-state index < -0.39 is 0 Å². The minimum absolute atomic E-state index is 0.0607. The molecule has 5 heteroatoms. The molecule has 0 atom stereocenters. The summed E-state index contributed by atoms with van der Waals surface area (Å²) in [6, 6.07) is 6.20. The summed E-state index contributed by atoms with van der Waals surface area (Å²) in [6.07, 6.45) is 3.07. The molecule has 1 amide bonds. The molecule has 0 spiro atoms. The molecule has 1 aliphatic rings. The van der Waals surface area contributed by atoms with Gasteiger partial charge in [0.1, 0.15) is 0 Å². The van der Waals surface area contributed by atoms with Crippen molar-refractivity contribution >= 4 is 33.3 Å². The van der Waals surface area contributed by atoms with E-state index in [1.807, 2.05) is 0 Å². The molecule has 1 fully saturated rings. The van der Waals surface area contributed by atoms with Gasteiger partial charge in [-0.3, -0.25) is 4.79 Å². The monoisotopic (exact) mass is 289 g/mol. The van der Waals surface area contributed by atoms with Gasteiger partial charge in [0.15, 0.2) is 5.82 Å². The fourth-order valence-electron chi connectivity index (χ4n) is 2.60. The highest BCUT2D eigenvalue weighted by atomic mass is 32.1. The van der Waals surface area contributed by atoms with E-state index in [2.05, 4.69) is 39.7 Å². The van der Waals surface area contributed by atoms with Gasteiger partial charge in [0.25, 0.3) is 0 Å². The van der Waals surface area contributed by atoms with Crippen LogP contribution in [0.5, 0.6) is 0 Å².